The predicted molar refractivity (Wildman–Crippen MR) is 94.7 cm³/mol. The average molecular weight is 397 g/mol. The molecule has 2 rings (SSSR count). The molecule has 0 aliphatic heterocycles. The van der Waals surface area contributed by atoms with E-state index in [2.05, 4.69) is 10.6 Å². The number of nitrogens with two attached hydrogens (primary N) is 1. The van der Waals surface area contributed by atoms with E-state index < -0.39 is 6.04 Å². The van der Waals surface area contributed by atoms with Gasteiger partial charge in [0.2, 0.25) is 11.8 Å². The van der Waals surface area contributed by atoms with Crippen molar-refractivity contribution in [2.45, 2.75) is 26.1 Å². The maximum absolute atomic E-state index is 12.5. The van der Waals surface area contributed by atoms with Crippen molar-refractivity contribution >= 4 is 11.8 Å². The first-order valence-corrected chi connectivity index (χ1v) is 7.48. The molecule has 0 saturated carbocycles. The van der Waals surface area contributed by atoms with Crippen LogP contribution >= 0.6 is 0 Å². The van der Waals surface area contributed by atoms with E-state index in [4.69, 9.17) is 5.73 Å². The Balaban J connectivity index is 0. The van der Waals surface area contributed by atoms with Gasteiger partial charge < -0.3 is 27.3 Å². The number of amides is 2. The minimum Gasteiger partial charge on any atom is -0.870 e. The second-order valence-electron chi connectivity index (χ2n) is 5.29. The van der Waals surface area contributed by atoms with Crippen molar-refractivity contribution in [3.05, 3.63) is 71.3 Å². The van der Waals surface area contributed by atoms with Gasteiger partial charge in [-0.2, -0.15) is 0 Å². The van der Waals surface area contributed by atoms with E-state index >= 15 is 0 Å². The normalized spacial score (nSPS) is 10.2. The van der Waals surface area contributed by atoms with Gasteiger partial charge in [0.15, 0.2) is 0 Å². The topological polar surface area (TPSA) is 146 Å². The third-order valence-electron chi connectivity index (χ3n) is 3.44. The van der Waals surface area contributed by atoms with Crippen molar-refractivity contribution in [1.29, 1.82) is 0 Å². The second-order valence-corrected chi connectivity index (χ2v) is 5.29. The van der Waals surface area contributed by atoms with Crippen molar-refractivity contribution in [2.24, 2.45) is 5.73 Å². The minimum absolute atomic E-state index is 0. The van der Waals surface area contributed by atoms with Crippen molar-refractivity contribution in [1.82, 2.24) is 10.6 Å². The van der Waals surface area contributed by atoms with Gasteiger partial charge in [0.1, 0.15) is 6.04 Å². The first kappa shape index (κ1) is 26.1. The van der Waals surface area contributed by atoms with Crippen LogP contribution in [0.15, 0.2) is 54.6 Å². The van der Waals surface area contributed by atoms with Gasteiger partial charge in [-0.3, -0.25) is 9.59 Å². The predicted octanol–water partition coefficient (Wildman–Crippen LogP) is 0.635. The monoisotopic (exact) mass is 397 g/mol. The van der Waals surface area contributed by atoms with Crippen LogP contribution in [-0.2, 0) is 41.2 Å². The number of hydrogen-bond acceptors (Lipinski definition) is 4. The summed E-state index contributed by atoms with van der Waals surface area (Å²) in [5, 5.41) is 5.54. The quantitative estimate of drug-likeness (QED) is 0.656. The van der Waals surface area contributed by atoms with E-state index in [9.17, 15) is 9.59 Å². The molecule has 141 valence electrons. The van der Waals surface area contributed by atoms with Gasteiger partial charge in [-0.05, 0) is 16.7 Å². The first-order valence-electron chi connectivity index (χ1n) is 7.48. The fourth-order valence-corrected chi connectivity index (χ4v) is 2.31. The van der Waals surface area contributed by atoms with Crippen molar-refractivity contribution in [2.75, 3.05) is 0 Å². The van der Waals surface area contributed by atoms with E-state index in [1.165, 1.54) is 6.92 Å². The van der Waals surface area contributed by atoms with Gasteiger partial charge in [-0.15, -0.1) is 0 Å². The smallest absolute Gasteiger partial charge is 0.247 e. The Kier molecular flexibility index (Phi) is 13.1. The standard InChI is InChI=1S/C18H21N3O2.2H2O.V/c1-13(22)21-17(16-8-3-2-4-9-16)18(23)20-12-15-7-5-6-14(10-15)11-19;;;/h2-10,17H,11-12,19H2,1H3,(H,20,23)(H,21,22);2*1H2;/p-1/t17-;;;/m1.../s1. The summed E-state index contributed by atoms with van der Waals surface area (Å²) in [7, 11) is 0. The van der Waals surface area contributed by atoms with Crippen LogP contribution in [0.5, 0.6) is 0 Å². The van der Waals surface area contributed by atoms with E-state index in [1.54, 1.807) is 0 Å². The van der Waals surface area contributed by atoms with E-state index in [-0.39, 0.29) is 41.3 Å². The number of carbonyl (C=O) groups excluding carboxylic acids is 2. The number of benzene rings is 2. The fourth-order valence-electron chi connectivity index (χ4n) is 2.31. The first-order chi connectivity index (χ1) is 11.1. The summed E-state index contributed by atoms with van der Waals surface area (Å²) in [5.74, 6) is -0.497. The molecule has 26 heavy (non-hydrogen) atoms. The molecule has 0 unspecified atom stereocenters. The Morgan fingerprint density at radius 3 is 2.23 bits per heavy atom. The molecule has 0 bridgehead atoms. The Morgan fingerprint density at radius 2 is 1.65 bits per heavy atom. The Labute approximate surface area is 164 Å². The zero-order valence-corrected chi connectivity index (χ0v) is 15.9. The SMILES string of the molecule is CC(=O)N[C@@H](C(=O)NCc1cccc(CN)c1)c1ccccc1.O.[OH-].[V]. The molecule has 1 atom stereocenters. The molecule has 0 aliphatic rings. The maximum atomic E-state index is 12.5. The fraction of sp³-hybridized carbons (Fsp3) is 0.222. The molecule has 8 heteroatoms. The molecule has 7 N–H and O–H groups in total. The number of nitrogens with one attached hydrogen (secondary N) is 2. The van der Waals surface area contributed by atoms with E-state index in [1.807, 2.05) is 54.6 Å². The van der Waals surface area contributed by atoms with E-state index in [0.29, 0.717) is 13.1 Å². The van der Waals surface area contributed by atoms with Crippen LogP contribution in [0.4, 0.5) is 0 Å². The summed E-state index contributed by atoms with van der Waals surface area (Å²) in [6.45, 7) is 2.24. The molecule has 0 saturated heterocycles. The van der Waals surface area contributed by atoms with Crippen LogP contribution in [0.3, 0.4) is 0 Å². The van der Waals surface area contributed by atoms with Crippen LogP contribution in [0, 0.1) is 0 Å². The molecule has 7 nitrogen and oxygen atoms in total. The molecule has 0 aromatic heterocycles. The Bertz CT molecular complexity index is 683. The van der Waals surface area contributed by atoms with Crippen molar-refractivity contribution in [3.8, 4) is 0 Å². The molecule has 2 amide bonds. The van der Waals surface area contributed by atoms with Gasteiger partial charge in [0.05, 0.1) is 0 Å². The molecule has 0 fully saturated rings. The number of rotatable bonds is 6. The van der Waals surface area contributed by atoms with Crippen molar-refractivity contribution < 1.29 is 39.1 Å². The molecule has 0 spiro atoms. The molecule has 0 aliphatic carbocycles. The molecule has 2 aromatic rings. The van der Waals surface area contributed by atoms with Crippen LogP contribution < -0.4 is 16.4 Å². The summed E-state index contributed by atoms with van der Waals surface area (Å²) in [5.41, 5.74) is 8.35. The largest absolute Gasteiger partial charge is 0.870 e. The summed E-state index contributed by atoms with van der Waals surface area (Å²) in [4.78, 5) is 23.8. The summed E-state index contributed by atoms with van der Waals surface area (Å²) < 4.78 is 0. The molecule has 2 aromatic carbocycles. The molecular weight excluding hydrogens is 373 g/mol. The average Bonchev–Trinajstić information content (AvgIpc) is 2.58. The van der Waals surface area contributed by atoms with E-state index in [0.717, 1.165) is 16.7 Å². The summed E-state index contributed by atoms with van der Waals surface area (Å²) >= 11 is 0. The van der Waals surface area contributed by atoms with Crippen LogP contribution in [-0.4, -0.2) is 22.8 Å². The third-order valence-corrected chi connectivity index (χ3v) is 3.44. The third kappa shape index (κ3) is 7.82. The molecular formula is C18H24N3O4V-. The van der Waals surface area contributed by atoms with Gasteiger partial charge in [-0.1, -0.05) is 54.6 Å². The minimum atomic E-state index is -0.702. The van der Waals surface area contributed by atoms with Crippen molar-refractivity contribution in [3.63, 3.8) is 0 Å². The zero-order valence-electron chi connectivity index (χ0n) is 14.5. The van der Waals surface area contributed by atoms with Gasteiger partial charge in [0.25, 0.3) is 0 Å². The summed E-state index contributed by atoms with van der Waals surface area (Å²) in [6.07, 6.45) is 0. The van der Waals surface area contributed by atoms with Crippen LogP contribution in [0.1, 0.15) is 29.7 Å². The molecule has 0 heterocycles. The number of hydrogen-bond donors (Lipinski definition) is 3. The Morgan fingerprint density at radius 1 is 1.04 bits per heavy atom. The van der Waals surface area contributed by atoms with Crippen LogP contribution in [0.2, 0.25) is 0 Å². The zero-order chi connectivity index (χ0) is 16.7. The second kappa shape index (κ2) is 13.1. The molecule has 1 radical (unpaired) electrons. The summed E-state index contributed by atoms with van der Waals surface area (Å²) in [6, 6.07) is 16.2. The Hall–Kier alpha value is -2.16. The number of carbonyl (C=O) groups is 2. The van der Waals surface area contributed by atoms with Gasteiger partial charge in [0, 0.05) is 38.6 Å². The van der Waals surface area contributed by atoms with Gasteiger partial charge in [-0.25, -0.2) is 0 Å². The van der Waals surface area contributed by atoms with Crippen LogP contribution in [0.25, 0.3) is 0 Å². The maximum Gasteiger partial charge on any atom is 0.247 e. The van der Waals surface area contributed by atoms with Gasteiger partial charge >= 0.3 is 0 Å².